The van der Waals surface area contributed by atoms with Crippen molar-refractivity contribution in [3.05, 3.63) is 89.1 Å². The number of hydrogen-bond acceptors (Lipinski definition) is 6. The zero-order chi connectivity index (χ0) is 20.2. The minimum Gasteiger partial charge on any atom is -0.467 e. The molecule has 3 aromatic rings. The molecule has 1 aromatic carbocycles. The lowest BCUT2D eigenvalue weighted by Gasteiger charge is -2.19. The van der Waals surface area contributed by atoms with E-state index in [1.165, 1.54) is 29.5 Å². The number of nitrogens with zero attached hydrogens (tertiary/aromatic N) is 3. The van der Waals surface area contributed by atoms with Crippen LogP contribution in [0.2, 0.25) is 5.02 Å². The zero-order valence-corrected chi connectivity index (χ0v) is 16.0. The van der Waals surface area contributed by atoms with Crippen LogP contribution >= 0.6 is 11.6 Å². The van der Waals surface area contributed by atoms with Crippen LogP contribution in [0.15, 0.2) is 76.7 Å². The van der Waals surface area contributed by atoms with E-state index in [4.69, 9.17) is 20.8 Å². The number of rotatable bonds is 5. The number of esters is 1. The maximum Gasteiger partial charge on any atom is 0.338 e. The first-order valence-corrected chi connectivity index (χ1v) is 9.25. The van der Waals surface area contributed by atoms with Gasteiger partial charge in [0.05, 0.1) is 17.5 Å². The molecule has 0 bridgehead atoms. The first-order chi connectivity index (χ1) is 14.1. The van der Waals surface area contributed by atoms with Gasteiger partial charge in [-0.2, -0.15) is 5.10 Å². The van der Waals surface area contributed by atoms with Crippen molar-refractivity contribution in [3.8, 4) is 0 Å². The zero-order valence-electron chi connectivity index (χ0n) is 15.2. The fourth-order valence-corrected chi connectivity index (χ4v) is 3.15. The average Bonchev–Trinajstić information content (AvgIpc) is 3.43. The highest BCUT2D eigenvalue weighted by Crippen LogP contribution is 2.33. The Morgan fingerprint density at radius 3 is 2.59 bits per heavy atom. The van der Waals surface area contributed by atoms with Gasteiger partial charge in [0, 0.05) is 23.8 Å². The summed E-state index contributed by atoms with van der Waals surface area (Å²) in [6.45, 7) is -0.435. The summed E-state index contributed by atoms with van der Waals surface area (Å²) in [6, 6.07) is 13.4. The predicted octanol–water partition coefficient (Wildman–Crippen LogP) is 3.86. The molecule has 0 unspecified atom stereocenters. The molecule has 4 rings (SSSR count). The van der Waals surface area contributed by atoms with E-state index in [0.717, 1.165) is 11.3 Å². The molecular weight excluding hydrogens is 394 g/mol. The molecular formula is C21H16ClN3O4. The Balaban J connectivity index is 1.52. The van der Waals surface area contributed by atoms with Crippen molar-refractivity contribution in [3.63, 3.8) is 0 Å². The lowest BCUT2D eigenvalue weighted by molar-refractivity contribution is -0.136. The Morgan fingerprint density at radius 2 is 1.90 bits per heavy atom. The van der Waals surface area contributed by atoms with Crippen molar-refractivity contribution in [2.45, 2.75) is 12.5 Å². The normalized spacial score (nSPS) is 15.8. The molecule has 3 heterocycles. The summed E-state index contributed by atoms with van der Waals surface area (Å²) in [7, 11) is 0. The lowest BCUT2D eigenvalue weighted by atomic mass is 10.0. The second-order valence-electron chi connectivity index (χ2n) is 6.34. The highest BCUT2D eigenvalue weighted by molar-refractivity contribution is 6.30. The van der Waals surface area contributed by atoms with Crippen LogP contribution in [0.25, 0.3) is 0 Å². The van der Waals surface area contributed by atoms with Gasteiger partial charge in [-0.1, -0.05) is 23.7 Å². The van der Waals surface area contributed by atoms with Crippen LogP contribution in [-0.2, 0) is 9.53 Å². The molecule has 0 aliphatic carbocycles. The number of carbonyl (C=O) groups is 2. The Bertz CT molecular complexity index is 1030. The first kappa shape index (κ1) is 18.9. The van der Waals surface area contributed by atoms with Gasteiger partial charge in [0.25, 0.3) is 5.91 Å². The van der Waals surface area contributed by atoms with E-state index < -0.39 is 24.5 Å². The number of amides is 1. The Labute approximate surface area is 171 Å². The van der Waals surface area contributed by atoms with Crippen LogP contribution in [0, 0.1) is 0 Å². The number of benzene rings is 1. The maximum atomic E-state index is 12.8. The Kier molecular flexibility index (Phi) is 5.39. The minimum atomic E-state index is -0.601. The highest BCUT2D eigenvalue weighted by Gasteiger charge is 2.35. The number of hydrazone groups is 1. The van der Waals surface area contributed by atoms with Crippen LogP contribution in [0.4, 0.5) is 0 Å². The standard InChI is InChI=1S/C21H16ClN3O4/c22-16-5-3-14(4-6-16)17-12-18(19-2-1-11-28-19)25(24-17)20(26)13-29-21(27)15-7-9-23-10-8-15/h1-11,18H,12-13H2/t18-/m1/s1. The van der Waals surface area contributed by atoms with Crippen molar-refractivity contribution in [1.29, 1.82) is 0 Å². The van der Waals surface area contributed by atoms with E-state index in [0.29, 0.717) is 22.8 Å². The molecule has 29 heavy (non-hydrogen) atoms. The number of hydrogen-bond donors (Lipinski definition) is 0. The van der Waals surface area contributed by atoms with Crippen LogP contribution < -0.4 is 0 Å². The minimum absolute atomic E-state index is 0.321. The Hall–Kier alpha value is -3.45. The third-order valence-corrected chi connectivity index (χ3v) is 4.71. The largest absolute Gasteiger partial charge is 0.467 e. The average molecular weight is 410 g/mol. The van der Waals surface area contributed by atoms with E-state index in [1.54, 1.807) is 30.5 Å². The number of halogens is 1. The topological polar surface area (TPSA) is 85.0 Å². The van der Waals surface area contributed by atoms with Crippen LogP contribution in [0.3, 0.4) is 0 Å². The van der Waals surface area contributed by atoms with Gasteiger partial charge in [-0.05, 0) is 42.0 Å². The lowest BCUT2D eigenvalue weighted by Crippen LogP contribution is -2.31. The molecule has 0 spiro atoms. The molecule has 8 heteroatoms. The number of carbonyl (C=O) groups excluding carboxylic acids is 2. The first-order valence-electron chi connectivity index (χ1n) is 8.88. The van der Waals surface area contributed by atoms with E-state index in [2.05, 4.69) is 10.1 Å². The molecule has 1 amide bonds. The second kappa shape index (κ2) is 8.28. The monoisotopic (exact) mass is 409 g/mol. The Morgan fingerprint density at radius 1 is 1.14 bits per heavy atom. The summed E-state index contributed by atoms with van der Waals surface area (Å²) in [5.74, 6) is -0.444. The van der Waals surface area contributed by atoms with Gasteiger partial charge in [-0.3, -0.25) is 9.78 Å². The van der Waals surface area contributed by atoms with E-state index >= 15 is 0 Å². The summed E-state index contributed by atoms with van der Waals surface area (Å²) in [5.41, 5.74) is 1.90. The van der Waals surface area contributed by atoms with Crippen molar-refractivity contribution in [2.24, 2.45) is 5.10 Å². The predicted molar refractivity (Wildman–Crippen MR) is 105 cm³/mol. The van der Waals surface area contributed by atoms with Gasteiger partial charge in [0.1, 0.15) is 11.8 Å². The quantitative estimate of drug-likeness (QED) is 0.597. The van der Waals surface area contributed by atoms with E-state index in [-0.39, 0.29) is 0 Å². The molecule has 0 fully saturated rings. The smallest absolute Gasteiger partial charge is 0.338 e. The van der Waals surface area contributed by atoms with E-state index in [9.17, 15) is 9.59 Å². The summed E-state index contributed by atoms with van der Waals surface area (Å²) in [6.07, 6.45) is 4.98. The van der Waals surface area contributed by atoms with Crippen LogP contribution in [0.5, 0.6) is 0 Å². The van der Waals surface area contributed by atoms with E-state index in [1.807, 2.05) is 12.1 Å². The molecule has 1 atom stereocenters. The number of pyridine rings is 1. The van der Waals surface area contributed by atoms with Crippen LogP contribution in [0.1, 0.15) is 34.1 Å². The van der Waals surface area contributed by atoms with Gasteiger partial charge in [-0.15, -0.1) is 0 Å². The van der Waals surface area contributed by atoms with Gasteiger partial charge in [-0.25, -0.2) is 9.80 Å². The second-order valence-corrected chi connectivity index (χ2v) is 6.78. The molecule has 7 nitrogen and oxygen atoms in total. The van der Waals surface area contributed by atoms with Crippen LogP contribution in [-0.4, -0.2) is 34.2 Å². The summed E-state index contributed by atoms with van der Waals surface area (Å²) in [5, 5.41) is 6.40. The van der Waals surface area contributed by atoms with Crippen molar-refractivity contribution >= 4 is 29.2 Å². The summed E-state index contributed by atoms with van der Waals surface area (Å²) in [4.78, 5) is 28.7. The highest BCUT2D eigenvalue weighted by atomic mass is 35.5. The van der Waals surface area contributed by atoms with Crippen molar-refractivity contribution < 1.29 is 18.7 Å². The number of ether oxygens (including phenoxy) is 1. The van der Waals surface area contributed by atoms with Gasteiger partial charge in [0.15, 0.2) is 6.61 Å². The molecule has 1 aliphatic heterocycles. The third kappa shape index (κ3) is 4.20. The van der Waals surface area contributed by atoms with Crippen molar-refractivity contribution in [1.82, 2.24) is 9.99 Å². The molecule has 2 aromatic heterocycles. The van der Waals surface area contributed by atoms with Gasteiger partial charge in [0.2, 0.25) is 0 Å². The summed E-state index contributed by atoms with van der Waals surface area (Å²) < 4.78 is 10.6. The molecule has 146 valence electrons. The van der Waals surface area contributed by atoms with Crippen molar-refractivity contribution in [2.75, 3.05) is 6.61 Å². The third-order valence-electron chi connectivity index (χ3n) is 4.46. The fraction of sp³-hybridized carbons (Fsp3) is 0.143. The van der Waals surface area contributed by atoms with Gasteiger partial charge >= 0.3 is 5.97 Å². The SMILES string of the molecule is O=C(OCC(=O)N1N=C(c2ccc(Cl)cc2)C[C@@H]1c1ccco1)c1ccncc1. The number of furan rings is 1. The maximum absolute atomic E-state index is 12.8. The molecule has 0 radical (unpaired) electrons. The fourth-order valence-electron chi connectivity index (χ4n) is 3.02. The summed E-state index contributed by atoms with van der Waals surface area (Å²) >= 11 is 5.96. The molecule has 0 saturated heterocycles. The van der Waals surface area contributed by atoms with Gasteiger partial charge < -0.3 is 9.15 Å². The molecule has 0 N–H and O–H groups in total. The molecule has 0 saturated carbocycles. The number of aromatic nitrogens is 1. The molecule has 1 aliphatic rings.